The van der Waals surface area contributed by atoms with E-state index in [-0.39, 0.29) is 11.3 Å². The van der Waals surface area contributed by atoms with Crippen molar-refractivity contribution in [1.29, 1.82) is 0 Å². The van der Waals surface area contributed by atoms with E-state index < -0.39 is 10.8 Å². The minimum absolute atomic E-state index is 0.0263. The van der Waals surface area contributed by atoms with Crippen LogP contribution in [0.3, 0.4) is 0 Å². The van der Waals surface area contributed by atoms with Crippen LogP contribution in [0.1, 0.15) is 24.2 Å². The smallest absolute Gasteiger partial charge is 0.282 e. The number of hydrogen-bond acceptors (Lipinski definition) is 5. The molecule has 1 heterocycles. The Morgan fingerprint density at radius 2 is 2.04 bits per heavy atom. The second kappa shape index (κ2) is 8.21. The number of hydrogen-bond donors (Lipinski definition) is 1. The molecule has 1 N–H and O–H groups in total. The van der Waals surface area contributed by atoms with Gasteiger partial charge >= 0.3 is 0 Å². The summed E-state index contributed by atoms with van der Waals surface area (Å²) in [6, 6.07) is 5.86. The van der Waals surface area contributed by atoms with Gasteiger partial charge in [-0.2, -0.15) is 5.10 Å². The quantitative estimate of drug-likeness (QED) is 0.592. The predicted molar refractivity (Wildman–Crippen MR) is 91.1 cm³/mol. The SMILES string of the molecule is CCN(CC)CCn1cc(NC(=O)c2ccccc2[N+](=O)[O-])cn1. The van der Waals surface area contributed by atoms with E-state index >= 15 is 0 Å². The van der Waals surface area contributed by atoms with Gasteiger partial charge in [-0.15, -0.1) is 0 Å². The third-order valence-electron chi connectivity index (χ3n) is 3.78. The average molecular weight is 331 g/mol. The number of nitro benzene ring substituents is 1. The summed E-state index contributed by atoms with van der Waals surface area (Å²) < 4.78 is 1.74. The highest BCUT2D eigenvalue weighted by molar-refractivity contribution is 6.06. The summed E-state index contributed by atoms with van der Waals surface area (Å²) in [5.41, 5.74) is 0.319. The van der Waals surface area contributed by atoms with Gasteiger partial charge in [-0.3, -0.25) is 19.6 Å². The van der Waals surface area contributed by atoms with Gasteiger partial charge in [0.15, 0.2) is 0 Å². The molecule has 0 aliphatic heterocycles. The number of amides is 1. The van der Waals surface area contributed by atoms with Crippen molar-refractivity contribution in [3.8, 4) is 0 Å². The fourth-order valence-corrected chi connectivity index (χ4v) is 2.36. The predicted octanol–water partition coefficient (Wildman–Crippen LogP) is 2.39. The minimum Gasteiger partial charge on any atom is -0.319 e. The molecule has 0 spiro atoms. The summed E-state index contributed by atoms with van der Waals surface area (Å²) in [4.78, 5) is 24.9. The zero-order valence-corrected chi connectivity index (χ0v) is 13.8. The first-order chi connectivity index (χ1) is 11.5. The van der Waals surface area contributed by atoms with E-state index in [1.165, 1.54) is 24.4 Å². The van der Waals surface area contributed by atoms with Gasteiger partial charge in [0.2, 0.25) is 0 Å². The van der Waals surface area contributed by atoms with E-state index in [4.69, 9.17) is 0 Å². The van der Waals surface area contributed by atoms with Crippen LogP contribution < -0.4 is 5.32 Å². The van der Waals surface area contributed by atoms with Crippen molar-refractivity contribution in [3.63, 3.8) is 0 Å². The Hall–Kier alpha value is -2.74. The molecule has 0 aliphatic rings. The summed E-state index contributed by atoms with van der Waals surface area (Å²) in [5.74, 6) is -0.523. The Morgan fingerprint density at radius 3 is 2.71 bits per heavy atom. The van der Waals surface area contributed by atoms with Gasteiger partial charge in [0.25, 0.3) is 11.6 Å². The van der Waals surface area contributed by atoms with E-state index in [0.29, 0.717) is 12.2 Å². The van der Waals surface area contributed by atoms with E-state index in [9.17, 15) is 14.9 Å². The number of likely N-dealkylation sites (N-methyl/N-ethyl adjacent to an activating group) is 1. The van der Waals surface area contributed by atoms with Crippen molar-refractivity contribution in [2.75, 3.05) is 25.0 Å². The van der Waals surface area contributed by atoms with Crippen LogP contribution >= 0.6 is 0 Å². The first-order valence-corrected chi connectivity index (χ1v) is 7.84. The highest BCUT2D eigenvalue weighted by Crippen LogP contribution is 2.19. The Kier molecular flexibility index (Phi) is 6.02. The molecule has 0 unspecified atom stereocenters. The van der Waals surface area contributed by atoms with Crippen molar-refractivity contribution in [1.82, 2.24) is 14.7 Å². The molecule has 0 atom stereocenters. The lowest BCUT2D eigenvalue weighted by Crippen LogP contribution is -2.27. The van der Waals surface area contributed by atoms with Gasteiger partial charge in [0.05, 0.1) is 23.4 Å². The molecule has 8 nitrogen and oxygen atoms in total. The second-order valence-electron chi connectivity index (χ2n) is 5.25. The van der Waals surface area contributed by atoms with Crippen molar-refractivity contribution in [2.24, 2.45) is 0 Å². The normalized spacial score (nSPS) is 10.8. The van der Waals surface area contributed by atoms with Crippen molar-refractivity contribution in [3.05, 3.63) is 52.3 Å². The van der Waals surface area contributed by atoms with Crippen molar-refractivity contribution >= 4 is 17.3 Å². The number of nitro groups is 1. The van der Waals surface area contributed by atoms with Gasteiger partial charge in [0.1, 0.15) is 5.56 Å². The Bertz CT molecular complexity index is 709. The number of carbonyl (C=O) groups is 1. The molecule has 0 saturated heterocycles. The molecular formula is C16H21N5O3. The van der Waals surface area contributed by atoms with E-state index in [1.54, 1.807) is 16.9 Å². The van der Waals surface area contributed by atoms with Gasteiger partial charge < -0.3 is 10.2 Å². The maximum atomic E-state index is 12.2. The third-order valence-corrected chi connectivity index (χ3v) is 3.78. The molecule has 8 heteroatoms. The Balaban J connectivity index is 2.02. The number of rotatable bonds is 8. The largest absolute Gasteiger partial charge is 0.319 e. The standard InChI is InChI=1S/C16H21N5O3/c1-3-19(4-2)9-10-20-12-13(11-17-20)18-16(22)14-7-5-6-8-15(14)21(23)24/h5-8,11-12H,3-4,9-10H2,1-2H3,(H,18,22). The molecule has 0 aliphatic carbocycles. The van der Waals surface area contributed by atoms with Crippen LogP contribution in [0.25, 0.3) is 0 Å². The minimum atomic E-state index is -0.567. The molecule has 1 aromatic carbocycles. The van der Waals surface area contributed by atoms with Crippen LogP contribution in [0, 0.1) is 10.1 Å². The molecule has 2 rings (SSSR count). The zero-order valence-electron chi connectivity index (χ0n) is 13.8. The number of carbonyl (C=O) groups excluding carboxylic acids is 1. The summed E-state index contributed by atoms with van der Waals surface area (Å²) in [6.45, 7) is 7.73. The van der Waals surface area contributed by atoms with Crippen LogP contribution in [0.2, 0.25) is 0 Å². The molecule has 128 valence electrons. The number of para-hydroxylation sites is 1. The number of nitrogens with zero attached hydrogens (tertiary/aromatic N) is 4. The van der Waals surface area contributed by atoms with Crippen LogP contribution in [0.4, 0.5) is 11.4 Å². The fourth-order valence-electron chi connectivity index (χ4n) is 2.36. The molecule has 0 saturated carbocycles. The number of anilines is 1. The molecule has 1 aromatic heterocycles. The number of benzene rings is 1. The first-order valence-electron chi connectivity index (χ1n) is 7.84. The zero-order chi connectivity index (χ0) is 17.5. The molecule has 0 radical (unpaired) electrons. The van der Waals surface area contributed by atoms with Crippen LogP contribution in [-0.2, 0) is 6.54 Å². The van der Waals surface area contributed by atoms with Crippen LogP contribution in [0.15, 0.2) is 36.7 Å². The first kappa shape index (κ1) is 17.6. The van der Waals surface area contributed by atoms with Crippen molar-refractivity contribution < 1.29 is 9.72 Å². The number of nitrogens with one attached hydrogen (secondary N) is 1. The maximum absolute atomic E-state index is 12.2. The fraction of sp³-hybridized carbons (Fsp3) is 0.375. The second-order valence-corrected chi connectivity index (χ2v) is 5.25. The maximum Gasteiger partial charge on any atom is 0.282 e. The van der Waals surface area contributed by atoms with E-state index in [0.717, 1.165) is 19.6 Å². The average Bonchev–Trinajstić information content (AvgIpc) is 3.03. The lowest BCUT2D eigenvalue weighted by atomic mass is 10.1. The Labute approximate surface area is 140 Å². The molecule has 2 aromatic rings. The van der Waals surface area contributed by atoms with E-state index in [1.807, 2.05) is 0 Å². The topological polar surface area (TPSA) is 93.3 Å². The number of aromatic nitrogens is 2. The monoisotopic (exact) mass is 331 g/mol. The molecular weight excluding hydrogens is 310 g/mol. The summed E-state index contributed by atoms with van der Waals surface area (Å²) in [7, 11) is 0. The summed E-state index contributed by atoms with van der Waals surface area (Å²) in [5, 5.41) is 17.8. The van der Waals surface area contributed by atoms with E-state index in [2.05, 4.69) is 29.2 Å². The Morgan fingerprint density at radius 1 is 1.33 bits per heavy atom. The summed E-state index contributed by atoms with van der Waals surface area (Å²) in [6.07, 6.45) is 3.26. The summed E-state index contributed by atoms with van der Waals surface area (Å²) >= 11 is 0. The van der Waals surface area contributed by atoms with Crippen LogP contribution in [-0.4, -0.2) is 45.1 Å². The lowest BCUT2D eigenvalue weighted by Gasteiger charge is -2.17. The highest BCUT2D eigenvalue weighted by atomic mass is 16.6. The van der Waals surface area contributed by atoms with Gasteiger partial charge in [-0.1, -0.05) is 26.0 Å². The molecule has 24 heavy (non-hydrogen) atoms. The third kappa shape index (κ3) is 4.39. The molecule has 0 fully saturated rings. The van der Waals surface area contributed by atoms with Gasteiger partial charge in [-0.25, -0.2) is 0 Å². The van der Waals surface area contributed by atoms with Gasteiger partial charge in [-0.05, 0) is 19.2 Å². The highest BCUT2D eigenvalue weighted by Gasteiger charge is 2.19. The lowest BCUT2D eigenvalue weighted by molar-refractivity contribution is -0.385. The van der Waals surface area contributed by atoms with Crippen molar-refractivity contribution in [2.45, 2.75) is 20.4 Å². The molecule has 1 amide bonds. The van der Waals surface area contributed by atoms with Gasteiger partial charge in [0, 0.05) is 18.8 Å². The molecule has 0 bridgehead atoms. The van der Waals surface area contributed by atoms with Crippen LogP contribution in [0.5, 0.6) is 0 Å².